The Bertz CT molecular complexity index is 575. The van der Waals surface area contributed by atoms with E-state index in [1.54, 1.807) is 0 Å². The van der Waals surface area contributed by atoms with Crippen LogP contribution in [0.5, 0.6) is 0 Å². The summed E-state index contributed by atoms with van der Waals surface area (Å²) < 4.78 is 0. The fourth-order valence-corrected chi connectivity index (χ4v) is 5.73. The van der Waals surface area contributed by atoms with Gasteiger partial charge in [0.1, 0.15) is 0 Å². The molecule has 1 aliphatic heterocycles. The van der Waals surface area contributed by atoms with Crippen molar-refractivity contribution < 1.29 is 19.6 Å². The third kappa shape index (κ3) is 2.38. The number of hydrogen-bond donors (Lipinski definition) is 0. The lowest BCUT2D eigenvalue weighted by molar-refractivity contribution is -0.696. The molecule has 4 nitrogen and oxygen atoms in total. The average molecular weight is 397 g/mol. The Kier molecular flexibility index (Phi) is 4.62. The molecule has 4 heteroatoms. The zero-order valence-electron chi connectivity index (χ0n) is 20.5. The molecule has 1 heterocycles. The van der Waals surface area contributed by atoms with Crippen molar-refractivity contribution in [1.29, 1.82) is 0 Å². The van der Waals surface area contributed by atoms with Gasteiger partial charge in [0, 0.05) is 23.7 Å². The number of hydrogen-bond acceptors (Lipinski definition) is 4. The van der Waals surface area contributed by atoms with Crippen molar-refractivity contribution in [3.8, 4) is 0 Å². The van der Waals surface area contributed by atoms with Crippen LogP contribution in [0.25, 0.3) is 0 Å². The average Bonchev–Trinajstić information content (AvgIpc) is 2.56. The maximum absolute atomic E-state index is 6.29. The highest BCUT2D eigenvalue weighted by Gasteiger charge is 2.72. The number of rotatable bonds is 0. The Hall–Kier alpha value is -0.160. The lowest BCUT2D eigenvalue weighted by Gasteiger charge is -2.67. The van der Waals surface area contributed by atoms with E-state index < -0.39 is 11.6 Å². The molecule has 28 heavy (non-hydrogen) atoms. The van der Waals surface area contributed by atoms with Gasteiger partial charge < -0.3 is 0 Å². The molecule has 3 fully saturated rings. The van der Waals surface area contributed by atoms with Crippen LogP contribution in [0.1, 0.15) is 109 Å². The summed E-state index contributed by atoms with van der Waals surface area (Å²) in [5.74, 6) is -1.80. The molecule has 0 amide bonds. The first-order valence-electron chi connectivity index (χ1n) is 11.1. The van der Waals surface area contributed by atoms with E-state index in [-0.39, 0.29) is 32.5 Å². The minimum atomic E-state index is -0.898. The van der Waals surface area contributed by atoms with Crippen molar-refractivity contribution in [1.82, 2.24) is 0 Å². The molecule has 1 saturated heterocycles. The molecule has 2 saturated carbocycles. The largest absolute Gasteiger partial charge is 0.239 e. The van der Waals surface area contributed by atoms with Crippen LogP contribution in [-0.2, 0) is 19.6 Å². The molecule has 0 N–H and O–H groups in total. The summed E-state index contributed by atoms with van der Waals surface area (Å²) in [6, 6.07) is 0. The van der Waals surface area contributed by atoms with Gasteiger partial charge in [-0.15, -0.1) is 0 Å². The van der Waals surface area contributed by atoms with Gasteiger partial charge in [-0.1, -0.05) is 83.1 Å². The fourth-order valence-electron chi connectivity index (χ4n) is 5.73. The first-order chi connectivity index (χ1) is 12.3. The molecule has 0 aromatic carbocycles. The summed E-state index contributed by atoms with van der Waals surface area (Å²) in [4.78, 5) is 25.2. The smallest absolute Gasteiger partial charge is 0.194 e. The summed E-state index contributed by atoms with van der Waals surface area (Å²) in [5, 5.41) is 0. The van der Waals surface area contributed by atoms with E-state index >= 15 is 0 Å². The molecule has 0 unspecified atom stereocenters. The van der Waals surface area contributed by atoms with E-state index in [9.17, 15) is 0 Å². The van der Waals surface area contributed by atoms with Gasteiger partial charge in [-0.05, 0) is 34.5 Å². The molecule has 2 spiro atoms. The van der Waals surface area contributed by atoms with E-state index in [1.807, 2.05) is 0 Å². The van der Waals surface area contributed by atoms with Crippen LogP contribution in [0.2, 0.25) is 0 Å². The van der Waals surface area contributed by atoms with Crippen molar-refractivity contribution in [3.05, 3.63) is 0 Å². The van der Waals surface area contributed by atoms with Crippen molar-refractivity contribution in [2.45, 2.75) is 120 Å². The van der Waals surface area contributed by atoms with Gasteiger partial charge >= 0.3 is 0 Å². The zero-order valence-corrected chi connectivity index (χ0v) is 20.5. The van der Waals surface area contributed by atoms with Gasteiger partial charge in [0.2, 0.25) is 11.6 Å². The zero-order chi connectivity index (χ0) is 21.7. The fraction of sp³-hybridized carbons (Fsp3) is 1.00. The predicted molar refractivity (Wildman–Crippen MR) is 111 cm³/mol. The van der Waals surface area contributed by atoms with Gasteiger partial charge in [0.15, 0.2) is 0 Å². The molecule has 0 atom stereocenters. The normalized spacial score (nSPS) is 35.6. The lowest BCUT2D eigenvalue weighted by atomic mass is 9.46. The highest BCUT2D eigenvalue weighted by Crippen LogP contribution is 2.69. The summed E-state index contributed by atoms with van der Waals surface area (Å²) in [5.41, 5.74) is -0.314. The maximum Gasteiger partial charge on any atom is 0.239 e. The topological polar surface area (TPSA) is 36.9 Å². The highest BCUT2D eigenvalue weighted by atomic mass is 17.4. The van der Waals surface area contributed by atoms with Crippen LogP contribution in [0, 0.1) is 32.5 Å². The lowest BCUT2D eigenvalue weighted by Crippen LogP contribution is -2.71. The quantitative estimate of drug-likeness (QED) is 0.412. The first kappa shape index (κ1) is 22.5. The van der Waals surface area contributed by atoms with Crippen molar-refractivity contribution in [2.24, 2.45) is 32.5 Å². The van der Waals surface area contributed by atoms with Crippen molar-refractivity contribution in [2.75, 3.05) is 0 Å². The second kappa shape index (κ2) is 5.75. The Balaban J connectivity index is 1.93. The Labute approximate surface area is 172 Å². The van der Waals surface area contributed by atoms with E-state index in [2.05, 4.69) is 83.1 Å². The molecule has 3 aliphatic rings. The van der Waals surface area contributed by atoms with E-state index in [1.165, 1.54) is 0 Å². The van der Waals surface area contributed by atoms with Crippen LogP contribution >= 0.6 is 0 Å². The second-order valence-electron chi connectivity index (χ2n) is 13.1. The van der Waals surface area contributed by atoms with E-state index in [4.69, 9.17) is 19.6 Å². The SMILES string of the molecule is CC1(C)CCC2(OOC3(CCC(C)(C)C(C)(C)C3(C)C)OO2)C(C)(C)C1(C)C. The standard InChI is InChI=1S/C24H44O4/c1-17(2)13-15-23(21(9,10)19(17,5)6)25-27-24(28-26-23)16-14-18(3,4)20(7,8)22(24,11)12/h13-16H2,1-12H3. The third-order valence-electron chi connectivity index (χ3n) is 11.2. The minimum absolute atomic E-state index is 0.0290. The molecule has 0 aromatic rings. The summed E-state index contributed by atoms with van der Waals surface area (Å²) in [6.07, 6.45) is 3.49. The first-order valence-corrected chi connectivity index (χ1v) is 11.1. The van der Waals surface area contributed by atoms with E-state index in [0.29, 0.717) is 0 Å². The highest BCUT2D eigenvalue weighted by molar-refractivity contribution is 5.10. The van der Waals surface area contributed by atoms with Gasteiger partial charge in [0.25, 0.3) is 0 Å². The second-order valence-corrected chi connectivity index (χ2v) is 13.1. The molecular weight excluding hydrogens is 352 g/mol. The molecule has 2 aliphatic carbocycles. The molecular formula is C24H44O4. The van der Waals surface area contributed by atoms with Crippen LogP contribution < -0.4 is 0 Å². The molecule has 0 aromatic heterocycles. The van der Waals surface area contributed by atoms with Gasteiger partial charge in [0.05, 0.1) is 0 Å². The van der Waals surface area contributed by atoms with Crippen molar-refractivity contribution in [3.63, 3.8) is 0 Å². The van der Waals surface area contributed by atoms with Crippen LogP contribution in [0.3, 0.4) is 0 Å². The Morgan fingerprint density at radius 1 is 0.357 bits per heavy atom. The molecule has 0 bridgehead atoms. The van der Waals surface area contributed by atoms with Gasteiger partial charge in [-0.3, -0.25) is 0 Å². The maximum atomic E-state index is 6.29. The predicted octanol–water partition coefficient (Wildman–Crippen LogP) is 7.03. The molecule has 3 rings (SSSR count). The van der Waals surface area contributed by atoms with Gasteiger partial charge in [-0.25, -0.2) is 0 Å². The summed E-state index contributed by atoms with van der Waals surface area (Å²) >= 11 is 0. The molecule has 0 radical (unpaired) electrons. The summed E-state index contributed by atoms with van der Waals surface area (Å²) in [6.45, 7) is 27.4. The Morgan fingerprint density at radius 2 is 0.607 bits per heavy atom. The monoisotopic (exact) mass is 396 g/mol. The van der Waals surface area contributed by atoms with E-state index in [0.717, 1.165) is 25.7 Å². The van der Waals surface area contributed by atoms with Crippen molar-refractivity contribution >= 4 is 0 Å². The summed E-state index contributed by atoms with van der Waals surface area (Å²) in [7, 11) is 0. The van der Waals surface area contributed by atoms with Crippen LogP contribution in [0.4, 0.5) is 0 Å². The minimum Gasteiger partial charge on any atom is -0.194 e. The van der Waals surface area contributed by atoms with Crippen LogP contribution in [0.15, 0.2) is 0 Å². The molecule has 164 valence electrons. The van der Waals surface area contributed by atoms with Gasteiger partial charge in [-0.2, -0.15) is 19.6 Å². The third-order valence-corrected chi connectivity index (χ3v) is 11.2. The van der Waals surface area contributed by atoms with Crippen LogP contribution in [-0.4, -0.2) is 11.6 Å². The Morgan fingerprint density at radius 3 is 0.857 bits per heavy atom.